The van der Waals surface area contributed by atoms with Crippen LogP contribution in [0.5, 0.6) is 0 Å². The van der Waals surface area contributed by atoms with Crippen molar-refractivity contribution in [2.24, 2.45) is 5.92 Å². The summed E-state index contributed by atoms with van der Waals surface area (Å²) in [6.07, 6.45) is 5.65. The highest BCUT2D eigenvalue weighted by atomic mass is 32.1. The van der Waals surface area contributed by atoms with Crippen molar-refractivity contribution in [3.8, 4) is 0 Å². The first kappa shape index (κ1) is 16.4. The highest BCUT2D eigenvalue weighted by Gasteiger charge is 2.45. The predicted octanol–water partition coefficient (Wildman–Crippen LogP) is 1.42. The van der Waals surface area contributed by atoms with Gasteiger partial charge < -0.3 is 14.8 Å². The number of likely N-dealkylation sites (tertiary alicyclic amines) is 1. The highest BCUT2D eigenvalue weighted by Crippen LogP contribution is 2.34. The molecule has 24 heavy (non-hydrogen) atoms. The number of carbonyl (C=O) groups is 1. The molecule has 1 aromatic heterocycles. The fourth-order valence-electron chi connectivity index (χ4n) is 4.01. The summed E-state index contributed by atoms with van der Waals surface area (Å²) in [5, 5.41) is 6.25. The number of thiazole rings is 1. The first-order chi connectivity index (χ1) is 11.8. The van der Waals surface area contributed by atoms with Crippen LogP contribution >= 0.6 is 11.3 Å². The minimum absolute atomic E-state index is 0.0603. The van der Waals surface area contributed by atoms with Crippen molar-refractivity contribution in [3.63, 3.8) is 0 Å². The van der Waals surface area contributed by atoms with Crippen molar-refractivity contribution in [2.75, 3.05) is 26.3 Å². The van der Waals surface area contributed by atoms with Crippen LogP contribution in [0, 0.1) is 5.92 Å². The number of ether oxygens (including phenoxy) is 2. The fraction of sp³-hybridized carbons (Fsp3) is 0.765. The molecule has 1 amide bonds. The van der Waals surface area contributed by atoms with Gasteiger partial charge in [-0.1, -0.05) is 0 Å². The van der Waals surface area contributed by atoms with E-state index >= 15 is 0 Å². The number of amides is 1. The highest BCUT2D eigenvalue weighted by molar-refractivity contribution is 7.09. The summed E-state index contributed by atoms with van der Waals surface area (Å²) >= 11 is 1.69. The number of aromatic nitrogens is 1. The monoisotopic (exact) mass is 351 g/mol. The van der Waals surface area contributed by atoms with E-state index < -0.39 is 0 Å². The molecule has 6 nitrogen and oxygen atoms in total. The van der Waals surface area contributed by atoms with Crippen molar-refractivity contribution in [1.29, 1.82) is 0 Å². The van der Waals surface area contributed by atoms with E-state index in [1.165, 1.54) is 0 Å². The van der Waals surface area contributed by atoms with E-state index in [4.69, 9.17) is 9.47 Å². The normalized spacial score (nSPS) is 31.2. The van der Waals surface area contributed by atoms with E-state index in [-0.39, 0.29) is 18.1 Å². The maximum Gasteiger partial charge on any atom is 0.249 e. The van der Waals surface area contributed by atoms with Gasteiger partial charge in [-0.05, 0) is 25.2 Å². The van der Waals surface area contributed by atoms with Crippen LogP contribution in [0.2, 0.25) is 0 Å². The summed E-state index contributed by atoms with van der Waals surface area (Å²) in [6, 6.07) is 0.354. The lowest BCUT2D eigenvalue weighted by atomic mass is 10.0. The molecule has 3 fully saturated rings. The lowest BCUT2D eigenvalue weighted by Crippen LogP contribution is -2.39. The molecule has 0 bridgehead atoms. The Labute approximate surface area is 146 Å². The minimum atomic E-state index is -0.293. The Hall–Kier alpha value is -1.02. The predicted molar refractivity (Wildman–Crippen MR) is 90.8 cm³/mol. The van der Waals surface area contributed by atoms with Crippen molar-refractivity contribution < 1.29 is 14.3 Å². The van der Waals surface area contributed by atoms with Crippen LogP contribution < -0.4 is 5.32 Å². The van der Waals surface area contributed by atoms with Gasteiger partial charge in [-0.25, -0.2) is 4.98 Å². The number of carbonyl (C=O) groups excluding carboxylic acids is 1. The van der Waals surface area contributed by atoms with Gasteiger partial charge >= 0.3 is 0 Å². The zero-order chi connectivity index (χ0) is 16.4. The summed E-state index contributed by atoms with van der Waals surface area (Å²) < 4.78 is 11.4. The van der Waals surface area contributed by atoms with Crippen LogP contribution in [-0.2, 0) is 20.8 Å². The second-order valence-corrected chi connectivity index (χ2v) is 7.93. The quantitative estimate of drug-likeness (QED) is 0.869. The Balaban J connectivity index is 1.27. The van der Waals surface area contributed by atoms with E-state index in [0.717, 1.165) is 63.5 Å². The molecule has 3 saturated heterocycles. The number of fused-ring (bicyclic) bond motifs is 1. The number of hydrogen-bond acceptors (Lipinski definition) is 6. The molecule has 3 atom stereocenters. The number of rotatable bonds is 5. The van der Waals surface area contributed by atoms with Gasteiger partial charge in [0.2, 0.25) is 5.91 Å². The van der Waals surface area contributed by atoms with E-state index in [1.54, 1.807) is 11.3 Å². The summed E-state index contributed by atoms with van der Waals surface area (Å²) in [4.78, 5) is 19.2. The standard InChI is InChI=1S/C17H25N3O3S/c21-17(19-10-12-2-6-22-7-3-12)15-9-13-14(23-15)1-5-20(13)11-16-18-4-8-24-16/h4,8,12-15H,1-3,5-7,9-11H2,(H,19,21)/t13-,14-,15+/m1/s1. The van der Waals surface area contributed by atoms with Gasteiger partial charge in [-0.2, -0.15) is 0 Å². The molecule has 1 aromatic rings. The van der Waals surface area contributed by atoms with Crippen LogP contribution in [0.4, 0.5) is 0 Å². The summed E-state index contributed by atoms with van der Waals surface area (Å²) in [5.74, 6) is 0.607. The molecule has 0 unspecified atom stereocenters. The van der Waals surface area contributed by atoms with E-state index in [2.05, 4.69) is 15.2 Å². The summed E-state index contributed by atoms with van der Waals surface area (Å²) in [6.45, 7) is 4.29. The van der Waals surface area contributed by atoms with Crippen LogP contribution in [0.25, 0.3) is 0 Å². The average Bonchev–Trinajstić information content (AvgIpc) is 3.32. The number of hydrogen-bond donors (Lipinski definition) is 1. The van der Waals surface area contributed by atoms with Gasteiger partial charge in [0.05, 0.1) is 12.6 Å². The van der Waals surface area contributed by atoms with E-state index in [0.29, 0.717) is 12.0 Å². The average molecular weight is 351 g/mol. The molecular weight excluding hydrogens is 326 g/mol. The van der Waals surface area contributed by atoms with E-state index in [9.17, 15) is 4.79 Å². The Morgan fingerprint density at radius 2 is 2.25 bits per heavy atom. The van der Waals surface area contributed by atoms with Gasteiger partial charge in [0.25, 0.3) is 0 Å². The smallest absolute Gasteiger partial charge is 0.249 e. The SMILES string of the molecule is O=C(NCC1CCOCC1)[C@@H]1C[C@@H]2[C@@H](CCN2Cc2nccs2)O1. The zero-order valence-corrected chi connectivity index (χ0v) is 14.7. The first-order valence-corrected chi connectivity index (χ1v) is 9.81. The van der Waals surface area contributed by atoms with Gasteiger partial charge in [-0.3, -0.25) is 9.69 Å². The molecule has 7 heteroatoms. The number of nitrogens with zero attached hydrogens (tertiary/aromatic N) is 2. The maximum atomic E-state index is 12.4. The first-order valence-electron chi connectivity index (χ1n) is 8.93. The third kappa shape index (κ3) is 3.64. The van der Waals surface area contributed by atoms with Crippen molar-refractivity contribution in [3.05, 3.63) is 16.6 Å². The topological polar surface area (TPSA) is 63.7 Å². The molecule has 1 N–H and O–H groups in total. The third-order valence-electron chi connectivity index (χ3n) is 5.41. The maximum absolute atomic E-state index is 12.4. The molecule has 0 aliphatic carbocycles. The molecule has 3 aliphatic heterocycles. The van der Waals surface area contributed by atoms with Crippen LogP contribution in [0.3, 0.4) is 0 Å². The lowest BCUT2D eigenvalue weighted by molar-refractivity contribution is -0.132. The molecule has 3 aliphatic rings. The van der Waals surface area contributed by atoms with Gasteiger partial charge in [0.1, 0.15) is 11.1 Å². The zero-order valence-electron chi connectivity index (χ0n) is 13.9. The molecule has 4 rings (SSSR count). The Kier molecular flexibility index (Phi) is 5.12. The van der Waals surface area contributed by atoms with Crippen LogP contribution in [0.1, 0.15) is 30.7 Å². The Bertz CT molecular complexity index is 547. The van der Waals surface area contributed by atoms with Crippen molar-refractivity contribution in [2.45, 2.75) is 50.5 Å². The fourth-order valence-corrected chi connectivity index (χ4v) is 4.65. The second kappa shape index (κ2) is 7.47. The second-order valence-electron chi connectivity index (χ2n) is 6.95. The summed E-state index contributed by atoms with van der Waals surface area (Å²) in [7, 11) is 0. The van der Waals surface area contributed by atoms with Crippen molar-refractivity contribution in [1.82, 2.24) is 15.2 Å². The molecule has 4 heterocycles. The Morgan fingerprint density at radius 1 is 1.38 bits per heavy atom. The molecule has 0 radical (unpaired) electrons. The third-order valence-corrected chi connectivity index (χ3v) is 6.18. The molecule has 0 aromatic carbocycles. The minimum Gasteiger partial charge on any atom is -0.381 e. The van der Waals surface area contributed by atoms with Crippen molar-refractivity contribution >= 4 is 17.2 Å². The lowest BCUT2D eigenvalue weighted by Gasteiger charge is -2.23. The van der Waals surface area contributed by atoms with E-state index in [1.807, 2.05) is 11.6 Å². The molecule has 0 saturated carbocycles. The summed E-state index contributed by atoms with van der Waals surface area (Å²) in [5.41, 5.74) is 0. The van der Waals surface area contributed by atoms with Gasteiger partial charge in [0.15, 0.2) is 0 Å². The van der Waals surface area contributed by atoms with Crippen LogP contribution in [0.15, 0.2) is 11.6 Å². The molecular formula is C17H25N3O3S. The molecule has 132 valence electrons. The largest absolute Gasteiger partial charge is 0.381 e. The van der Waals surface area contributed by atoms with Gasteiger partial charge in [0, 0.05) is 50.3 Å². The number of nitrogens with one attached hydrogen (secondary N) is 1. The van der Waals surface area contributed by atoms with Gasteiger partial charge in [-0.15, -0.1) is 11.3 Å². The van der Waals surface area contributed by atoms with Crippen LogP contribution in [-0.4, -0.2) is 60.3 Å². The molecule has 0 spiro atoms. The Morgan fingerprint density at radius 3 is 3.04 bits per heavy atom.